The number of benzene rings is 1. The third-order valence-corrected chi connectivity index (χ3v) is 4.36. The van der Waals surface area contributed by atoms with E-state index in [1.165, 1.54) is 22.2 Å². The average Bonchev–Trinajstić information content (AvgIpc) is 2.74. The van der Waals surface area contributed by atoms with Crippen molar-refractivity contribution in [1.82, 2.24) is 4.57 Å². The lowest BCUT2D eigenvalue weighted by atomic mass is 9.83. The van der Waals surface area contributed by atoms with E-state index in [4.69, 9.17) is 4.74 Å². The molecule has 0 bridgehead atoms. The van der Waals surface area contributed by atoms with E-state index in [1.807, 2.05) is 6.92 Å². The third-order valence-electron chi connectivity index (χ3n) is 4.36. The van der Waals surface area contributed by atoms with Gasteiger partial charge in [-0.1, -0.05) is 18.2 Å². The van der Waals surface area contributed by atoms with Crippen molar-refractivity contribution in [3.8, 4) is 0 Å². The number of carbonyl (C=O) groups is 1. The molecule has 1 atom stereocenters. The summed E-state index contributed by atoms with van der Waals surface area (Å²) in [6.45, 7) is 2.33. The van der Waals surface area contributed by atoms with E-state index in [9.17, 15) is 4.79 Å². The zero-order valence-corrected chi connectivity index (χ0v) is 12.2. The minimum absolute atomic E-state index is 0.0710. The predicted octanol–water partition coefficient (Wildman–Crippen LogP) is 3.55. The number of esters is 1. The Labute approximate surface area is 119 Å². The number of fused-ring (bicyclic) bond motifs is 3. The molecule has 1 unspecified atom stereocenters. The molecule has 20 heavy (non-hydrogen) atoms. The summed E-state index contributed by atoms with van der Waals surface area (Å²) in [4.78, 5) is 11.8. The monoisotopic (exact) mass is 271 g/mol. The number of carbonyl (C=O) groups excluding carboxylic acids is 1. The average molecular weight is 271 g/mol. The number of aryl methyl sites for hydroxylation is 1. The van der Waals surface area contributed by atoms with Gasteiger partial charge in [-0.25, -0.2) is 0 Å². The van der Waals surface area contributed by atoms with Crippen molar-refractivity contribution in [3.63, 3.8) is 0 Å². The van der Waals surface area contributed by atoms with Crippen LogP contribution >= 0.6 is 0 Å². The standard InChI is InChI=1S/C17H21NO2/c1-3-20-16(19)11-12-7-6-10-15-17(12)13-8-4-5-9-14(13)18(15)2/h4-5,8-9,12H,3,6-7,10-11H2,1-2H3. The minimum Gasteiger partial charge on any atom is -0.466 e. The van der Waals surface area contributed by atoms with Gasteiger partial charge in [-0.3, -0.25) is 4.79 Å². The van der Waals surface area contributed by atoms with Crippen molar-refractivity contribution in [2.75, 3.05) is 6.61 Å². The number of hydrogen-bond acceptors (Lipinski definition) is 2. The Hall–Kier alpha value is -1.77. The van der Waals surface area contributed by atoms with Crippen molar-refractivity contribution in [1.29, 1.82) is 0 Å². The molecule has 0 fully saturated rings. The summed E-state index contributed by atoms with van der Waals surface area (Å²) in [5.74, 6) is 0.238. The van der Waals surface area contributed by atoms with Crippen LogP contribution in [0, 0.1) is 0 Å². The number of para-hydroxylation sites is 1. The quantitative estimate of drug-likeness (QED) is 0.799. The Morgan fingerprint density at radius 3 is 3.00 bits per heavy atom. The lowest BCUT2D eigenvalue weighted by molar-refractivity contribution is -0.143. The van der Waals surface area contributed by atoms with E-state index in [1.54, 1.807) is 0 Å². The number of nitrogens with zero attached hydrogens (tertiary/aromatic N) is 1. The molecule has 0 amide bonds. The molecule has 0 spiro atoms. The molecule has 106 valence electrons. The second-order valence-corrected chi connectivity index (χ2v) is 5.53. The number of rotatable bonds is 3. The van der Waals surface area contributed by atoms with Crippen LogP contribution in [0.4, 0.5) is 0 Å². The van der Waals surface area contributed by atoms with Gasteiger partial charge in [0.2, 0.25) is 0 Å². The van der Waals surface area contributed by atoms with Gasteiger partial charge in [0.25, 0.3) is 0 Å². The zero-order chi connectivity index (χ0) is 14.1. The first kappa shape index (κ1) is 13.2. The highest BCUT2D eigenvalue weighted by Crippen LogP contribution is 2.40. The van der Waals surface area contributed by atoms with Crippen LogP contribution in [0.5, 0.6) is 0 Å². The van der Waals surface area contributed by atoms with Gasteiger partial charge in [0, 0.05) is 23.6 Å². The maximum Gasteiger partial charge on any atom is 0.306 e. The highest BCUT2D eigenvalue weighted by Gasteiger charge is 2.28. The summed E-state index contributed by atoms with van der Waals surface area (Å²) in [5, 5.41) is 1.30. The molecule has 1 aliphatic rings. The molecule has 3 heteroatoms. The van der Waals surface area contributed by atoms with Crippen LogP contribution in [0.25, 0.3) is 10.9 Å². The SMILES string of the molecule is CCOC(=O)CC1CCCc2c1c1ccccc1n2C. The van der Waals surface area contributed by atoms with Crippen LogP contribution in [0.15, 0.2) is 24.3 Å². The van der Waals surface area contributed by atoms with Gasteiger partial charge in [0.05, 0.1) is 13.0 Å². The molecule has 3 nitrogen and oxygen atoms in total. The van der Waals surface area contributed by atoms with Crippen LogP contribution in [-0.4, -0.2) is 17.1 Å². The fraction of sp³-hybridized carbons (Fsp3) is 0.471. The van der Waals surface area contributed by atoms with Gasteiger partial charge in [-0.2, -0.15) is 0 Å². The number of hydrogen-bond donors (Lipinski definition) is 0. The van der Waals surface area contributed by atoms with Gasteiger partial charge in [-0.15, -0.1) is 0 Å². The largest absolute Gasteiger partial charge is 0.466 e. The normalized spacial score (nSPS) is 18.0. The maximum absolute atomic E-state index is 11.8. The van der Waals surface area contributed by atoms with E-state index in [-0.39, 0.29) is 5.97 Å². The summed E-state index contributed by atoms with van der Waals surface area (Å²) in [7, 11) is 2.13. The Bertz CT molecular complexity index is 642. The molecule has 0 N–H and O–H groups in total. The number of ether oxygens (including phenoxy) is 1. The molecule has 2 aromatic rings. The smallest absolute Gasteiger partial charge is 0.306 e. The molecule has 0 saturated carbocycles. The molecule has 1 heterocycles. The van der Waals surface area contributed by atoms with Crippen molar-refractivity contribution in [2.24, 2.45) is 7.05 Å². The van der Waals surface area contributed by atoms with Crippen LogP contribution in [0.3, 0.4) is 0 Å². The second kappa shape index (κ2) is 5.31. The lowest BCUT2D eigenvalue weighted by Crippen LogP contribution is -2.16. The Kier molecular flexibility index (Phi) is 3.51. The van der Waals surface area contributed by atoms with Crippen LogP contribution in [-0.2, 0) is 23.0 Å². The molecule has 3 rings (SSSR count). The topological polar surface area (TPSA) is 31.2 Å². The van der Waals surface area contributed by atoms with Gasteiger partial charge in [-0.05, 0) is 43.7 Å². The molecule has 1 aromatic heterocycles. The zero-order valence-electron chi connectivity index (χ0n) is 12.2. The van der Waals surface area contributed by atoms with Gasteiger partial charge < -0.3 is 9.30 Å². The van der Waals surface area contributed by atoms with Crippen LogP contribution in [0.2, 0.25) is 0 Å². The van der Waals surface area contributed by atoms with Crippen LogP contribution in [0.1, 0.15) is 43.4 Å². The van der Waals surface area contributed by atoms with Crippen molar-refractivity contribution >= 4 is 16.9 Å². The third kappa shape index (κ3) is 2.11. The molecule has 0 aliphatic heterocycles. The van der Waals surface area contributed by atoms with E-state index in [0.717, 1.165) is 19.3 Å². The van der Waals surface area contributed by atoms with Crippen molar-refractivity contribution in [2.45, 2.75) is 38.5 Å². The van der Waals surface area contributed by atoms with Crippen molar-refractivity contribution in [3.05, 3.63) is 35.5 Å². The summed E-state index contributed by atoms with van der Waals surface area (Å²) in [6, 6.07) is 8.50. The highest BCUT2D eigenvalue weighted by atomic mass is 16.5. The number of aromatic nitrogens is 1. The molecular formula is C17H21NO2. The van der Waals surface area contributed by atoms with Gasteiger partial charge in [0.15, 0.2) is 0 Å². The summed E-state index contributed by atoms with van der Waals surface area (Å²) in [5.41, 5.74) is 4.04. The van der Waals surface area contributed by atoms with Gasteiger partial charge >= 0.3 is 5.97 Å². The van der Waals surface area contributed by atoms with E-state index in [0.29, 0.717) is 18.9 Å². The molecule has 1 aromatic carbocycles. The fourth-order valence-corrected chi connectivity index (χ4v) is 3.52. The van der Waals surface area contributed by atoms with E-state index in [2.05, 4.69) is 35.9 Å². The molecule has 1 aliphatic carbocycles. The Morgan fingerprint density at radius 1 is 1.40 bits per heavy atom. The molecule has 0 saturated heterocycles. The Balaban J connectivity index is 2.03. The lowest BCUT2D eigenvalue weighted by Gasteiger charge is -2.23. The summed E-state index contributed by atoms with van der Waals surface area (Å²) < 4.78 is 7.43. The molecule has 0 radical (unpaired) electrons. The minimum atomic E-state index is -0.0710. The van der Waals surface area contributed by atoms with E-state index >= 15 is 0 Å². The van der Waals surface area contributed by atoms with E-state index < -0.39 is 0 Å². The first-order valence-electron chi connectivity index (χ1n) is 7.44. The van der Waals surface area contributed by atoms with Gasteiger partial charge in [0.1, 0.15) is 0 Å². The summed E-state index contributed by atoms with van der Waals surface area (Å²) in [6.07, 6.45) is 3.86. The first-order valence-corrected chi connectivity index (χ1v) is 7.44. The fourth-order valence-electron chi connectivity index (χ4n) is 3.52. The second-order valence-electron chi connectivity index (χ2n) is 5.53. The summed E-state index contributed by atoms with van der Waals surface area (Å²) >= 11 is 0. The first-order chi connectivity index (χ1) is 9.72. The van der Waals surface area contributed by atoms with Crippen molar-refractivity contribution < 1.29 is 9.53 Å². The predicted molar refractivity (Wildman–Crippen MR) is 79.8 cm³/mol. The maximum atomic E-state index is 11.8. The highest BCUT2D eigenvalue weighted by molar-refractivity contribution is 5.87. The Morgan fingerprint density at radius 2 is 2.20 bits per heavy atom. The molecular weight excluding hydrogens is 250 g/mol. The van der Waals surface area contributed by atoms with Crippen LogP contribution < -0.4 is 0 Å².